The van der Waals surface area contributed by atoms with Crippen molar-refractivity contribution in [1.82, 2.24) is 5.32 Å². The number of nitrogens with one attached hydrogen (secondary N) is 1. The molecular weight excluding hydrogens is 474 g/mol. The number of carbonyl (C=O) groups excluding carboxylic acids is 1. The number of carbonyl (C=O) groups is 2. The molecule has 0 atom stereocenters. The van der Waals surface area contributed by atoms with E-state index < -0.39 is 24.8 Å². The number of hydrogen-bond acceptors (Lipinski definition) is 4. The van der Waals surface area contributed by atoms with E-state index in [0.717, 1.165) is 12.1 Å². The smallest absolute Gasteiger partial charge is 0.483 e. The maximum atomic E-state index is 12.2. The van der Waals surface area contributed by atoms with Gasteiger partial charge in [0.05, 0.1) is 10.6 Å². The maximum absolute atomic E-state index is 12.2. The molecule has 0 saturated heterocycles. The van der Waals surface area contributed by atoms with Crippen LogP contribution in [0.4, 0.5) is 13.2 Å². The van der Waals surface area contributed by atoms with E-state index >= 15 is 0 Å². The van der Waals surface area contributed by atoms with Gasteiger partial charge in [-0.2, -0.15) is 0 Å². The highest BCUT2D eigenvalue weighted by Crippen LogP contribution is 2.36. The fourth-order valence-electron chi connectivity index (χ4n) is 2.83. The van der Waals surface area contributed by atoms with Crippen molar-refractivity contribution >= 4 is 45.9 Å². The van der Waals surface area contributed by atoms with Crippen molar-refractivity contribution in [2.24, 2.45) is 0 Å². The lowest BCUT2D eigenvalue weighted by molar-refractivity contribution is -0.274. The first-order valence-corrected chi connectivity index (χ1v) is 9.68. The number of fused-ring (bicyclic) bond motifs is 1. The first-order valence-electron chi connectivity index (χ1n) is 8.92. The summed E-state index contributed by atoms with van der Waals surface area (Å²) in [7, 11) is 0. The van der Waals surface area contributed by atoms with Crippen molar-refractivity contribution in [2.75, 3.05) is 6.61 Å². The SMILES string of the molecule is O=C(COc1cc(C(=O)O)cc2cc(Cl)cc(Cl)c12)NCc1ccc(OC(F)(F)F)cc1. The zero-order chi connectivity index (χ0) is 23.5. The number of benzene rings is 3. The van der Waals surface area contributed by atoms with Crippen molar-refractivity contribution in [3.8, 4) is 11.5 Å². The topological polar surface area (TPSA) is 84.9 Å². The van der Waals surface area contributed by atoms with Gasteiger partial charge < -0.3 is 19.9 Å². The number of halogens is 5. The molecule has 0 aliphatic carbocycles. The number of alkyl halides is 3. The number of ether oxygens (including phenoxy) is 2. The Morgan fingerprint density at radius 1 is 1.03 bits per heavy atom. The number of hydrogen-bond donors (Lipinski definition) is 2. The Morgan fingerprint density at radius 2 is 1.72 bits per heavy atom. The standard InChI is InChI=1S/C21H14Cl2F3NO5/c22-14-6-12-5-13(20(29)30)7-17(19(12)16(23)8-14)31-10-18(28)27-9-11-1-3-15(4-2-11)32-21(24,25)26/h1-8H,9-10H2,(H,27,28)(H,29,30). The largest absolute Gasteiger partial charge is 0.573 e. The number of carboxylic acid groups (broad SMARTS) is 1. The number of amides is 1. The lowest BCUT2D eigenvalue weighted by Gasteiger charge is -2.13. The molecule has 0 fully saturated rings. The van der Waals surface area contributed by atoms with Gasteiger partial charge in [0.25, 0.3) is 5.91 Å². The van der Waals surface area contributed by atoms with Gasteiger partial charge in [0.1, 0.15) is 11.5 Å². The molecule has 2 N–H and O–H groups in total. The highest BCUT2D eigenvalue weighted by molar-refractivity contribution is 6.39. The average Bonchev–Trinajstić information content (AvgIpc) is 2.69. The molecule has 6 nitrogen and oxygen atoms in total. The molecular formula is C21H14Cl2F3NO5. The second kappa shape index (κ2) is 9.54. The van der Waals surface area contributed by atoms with Gasteiger partial charge in [0.15, 0.2) is 6.61 Å². The van der Waals surface area contributed by atoms with E-state index in [1.54, 1.807) is 0 Å². The molecule has 0 radical (unpaired) electrons. The van der Waals surface area contributed by atoms with Crippen LogP contribution in [0.25, 0.3) is 10.8 Å². The minimum absolute atomic E-state index is 0.0285. The van der Waals surface area contributed by atoms with Crippen LogP contribution in [-0.2, 0) is 11.3 Å². The Balaban J connectivity index is 1.66. The maximum Gasteiger partial charge on any atom is 0.573 e. The van der Waals surface area contributed by atoms with Crippen LogP contribution in [0, 0.1) is 0 Å². The monoisotopic (exact) mass is 487 g/mol. The minimum atomic E-state index is -4.79. The molecule has 0 heterocycles. The Labute approximate surface area is 189 Å². The molecule has 0 aliphatic rings. The Morgan fingerprint density at radius 3 is 2.34 bits per heavy atom. The Kier molecular flexibility index (Phi) is 7.00. The Hall–Kier alpha value is -3.17. The molecule has 1 amide bonds. The summed E-state index contributed by atoms with van der Waals surface area (Å²) in [6, 6.07) is 10.6. The van der Waals surface area contributed by atoms with Crippen LogP contribution in [0.15, 0.2) is 48.5 Å². The molecule has 3 aromatic carbocycles. The molecule has 32 heavy (non-hydrogen) atoms. The van der Waals surface area contributed by atoms with Gasteiger partial charge in [-0.25, -0.2) is 4.79 Å². The number of carboxylic acids is 1. The number of aromatic carboxylic acids is 1. The predicted molar refractivity (Wildman–Crippen MR) is 111 cm³/mol. The Bertz CT molecular complexity index is 1170. The van der Waals surface area contributed by atoms with E-state index in [9.17, 15) is 27.9 Å². The summed E-state index contributed by atoms with van der Waals surface area (Å²) < 4.78 is 45.9. The van der Waals surface area contributed by atoms with Gasteiger partial charge >= 0.3 is 12.3 Å². The minimum Gasteiger partial charge on any atom is -0.483 e. The summed E-state index contributed by atoms with van der Waals surface area (Å²) in [5.74, 6) is -2.03. The third-order valence-electron chi connectivity index (χ3n) is 4.18. The summed E-state index contributed by atoms with van der Waals surface area (Å²) in [5.41, 5.74) is 0.455. The highest BCUT2D eigenvalue weighted by atomic mass is 35.5. The fourth-order valence-corrected chi connectivity index (χ4v) is 3.43. The molecule has 3 rings (SSSR count). The summed E-state index contributed by atoms with van der Waals surface area (Å²) in [5, 5.41) is 13.2. The van der Waals surface area contributed by atoms with Crippen molar-refractivity contribution < 1.29 is 37.3 Å². The van der Waals surface area contributed by atoms with Crippen LogP contribution in [-0.4, -0.2) is 30.0 Å². The third kappa shape index (κ3) is 6.18. The van der Waals surface area contributed by atoms with Gasteiger partial charge in [-0.1, -0.05) is 35.3 Å². The van der Waals surface area contributed by atoms with Gasteiger partial charge in [-0.05, 0) is 47.3 Å². The van der Waals surface area contributed by atoms with Crippen molar-refractivity contribution in [3.05, 3.63) is 69.7 Å². The van der Waals surface area contributed by atoms with E-state index in [1.807, 2.05) is 0 Å². The van der Waals surface area contributed by atoms with E-state index in [4.69, 9.17) is 27.9 Å². The van der Waals surface area contributed by atoms with Gasteiger partial charge in [0, 0.05) is 17.0 Å². The first kappa shape index (κ1) is 23.5. The second-order valence-electron chi connectivity index (χ2n) is 6.52. The van der Waals surface area contributed by atoms with E-state index in [2.05, 4.69) is 10.1 Å². The molecule has 0 bridgehead atoms. The quantitative estimate of drug-likeness (QED) is 0.463. The van der Waals surface area contributed by atoms with Crippen LogP contribution >= 0.6 is 23.2 Å². The van der Waals surface area contributed by atoms with Gasteiger partial charge in [-0.3, -0.25) is 4.79 Å². The number of rotatable bonds is 7. The molecule has 3 aromatic rings. The molecule has 0 saturated carbocycles. The molecule has 11 heteroatoms. The summed E-state index contributed by atoms with van der Waals surface area (Å²) >= 11 is 12.2. The van der Waals surface area contributed by atoms with Crippen LogP contribution in [0.5, 0.6) is 11.5 Å². The van der Waals surface area contributed by atoms with Crippen molar-refractivity contribution in [1.29, 1.82) is 0 Å². The molecule has 168 valence electrons. The zero-order valence-corrected chi connectivity index (χ0v) is 17.5. The molecule has 0 aliphatic heterocycles. The third-order valence-corrected chi connectivity index (χ3v) is 4.70. The van der Waals surface area contributed by atoms with Crippen molar-refractivity contribution in [3.63, 3.8) is 0 Å². The summed E-state index contributed by atoms with van der Waals surface area (Å²) in [4.78, 5) is 23.6. The molecule has 0 spiro atoms. The van der Waals surface area contributed by atoms with E-state index in [1.165, 1.54) is 36.4 Å². The van der Waals surface area contributed by atoms with Crippen molar-refractivity contribution in [2.45, 2.75) is 12.9 Å². The van der Waals surface area contributed by atoms with Crippen LogP contribution in [0.2, 0.25) is 10.0 Å². The second-order valence-corrected chi connectivity index (χ2v) is 7.37. The average molecular weight is 488 g/mol. The lowest BCUT2D eigenvalue weighted by Crippen LogP contribution is -2.28. The van der Waals surface area contributed by atoms with Gasteiger partial charge in [0.2, 0.25) is 0 Å². The highest BCUT2D eigenvalue weighted by Gasteiger charge is 2.30. The molecule has 0 unspecified atom stereocenters. The lowest BCUT2D eigenvalue weighted by atomic mass is 10.1. The van der Waals surface area contributed by atoms with E-state index in [0.29, 0.717) is 21.4 Å². The first-order chi connectivity index (χ1) is 15.0. The van der Waals surface area contributed by atoms with E-state index in [-0.39, 0.29) is 28.6 Å². The van der Waals surface area contributed by atoms with Crippen LogP contribution in [0.3, 0.4) is 0 Å². The van der Waals surface area contributed by atoms with Crippen LogP contribution < -0.4 is 14.8 Å². The molecule has 0 aromatic heterocycles. The fraction of sp³-hybridized carbons (Fsp3) is 0.143. The zero-order valence-electron chi connectivity index (χ0n) is 16.0. The predicted octanol–water partition coefficient (Wildman–Crippen LogP) is 5.44. The van der Waals surface area contributed by atoms with Gasteiger partial charge in [-0.15, -0.1) is 13.2 Å². The normalized spacial score (nSPS) is 11.3. The summed E-state index contributed by atoms with van der Waals surface area (Å²) in [6.07, 6.45) is -4.79. The summed E-state index contributed by atoms with van der Waals surface area (Å²) in [6.45, 7) is -0.423. The van der Waals surface area contributed by atoms with Crippen LogP contribution in [0.1, 0.15) is 15.9 Å².